The lowest BCUT2D eigenvalue weighted by Gasteiger charge is -2.34. The number of benzene rings is 1. The molecule has 2 heterocycles. The van der Waals surface area contributed by atoms with Gasteiger partial charge in [0.1, 0.15) is 0 Å². The maximum Gasteiger partial charge on any atom is 0.335 e. The molecule has 0 aromatic heterocycles. The highest BCUT2D eigenvalue weighted by Crippen LogP contribution is 2.42. The van der Waals surface area contributed by atoms with Crippen molar-refractivity contribution in [2.45, 2.75) is 38.3 Å². The summed E-state index contributed by atoms with van der Waals surface area (Å²) in [6.07, 6.45) is 2.97. The van der Waals surface area contributed by atoms with Crippen molar-refractivity contribution in [3.63, 3.8) is 0 Å². The molecule has 0 N–H and O–H groups in total. The van der Waals surface area contributed by atoms with Gasteiger partial charge in [-0.2, -0.15) is 0 Å². The van der Waals surface area contributed by atoms with Crippen LogP contribution in [0.4, 0.5) is 0 Å². The highest BCUT2D eigenvalue weighted by molar-refractivity contribution is 6.00. The third kappa shape index (κ3) is 2.37. The molecule has 1 aromatic carbocycles. The second-order valence-corrected chi connectivity index (χ2v) is 6.13. The highest BCUT2D eigenvalue weighted by atomic mass is 16.5. The molecule has 116 valence electrons. The van der Waals surface area contributed by atoms with Crippen LogP contribution in [0.15, 0.2) is 29.8 Å². The molecule has 22 heavy (non-hydrogen) atoms. The summed E-state index contributed by atoms with van der Waals surface area (Å²) in [7, 11) is 3.52. The van der Waals surface area contributed by atoms with E-state index < -0.39 is 0 Å². The first-order valence-electron chi connectivity index (χ1n) is 7.67. The summed E-state index contributed by atoms with van der Waals surface area (Å²) in [5.74, 6) is -0.181. The van der Waals surface area contributed by atoms with E-state index in [2.05, 4.69) is 11.9 Å². The van der Waals surface area contributed by atoms with E-state index in [1.54, 1.807) is 6.92 Å². The summed E-state index contributed by atoms with van der Waals surface area (Å²) < 4.78 is 5.02. The van der Waals surface area contributed by atoms with Gasteiger partial charge in [0.15, 0.2) is 5.78 Å². The van der Waals surface area contributed by atoms with Crippen molar-refractivity contribution < 1.29 is 14.3 Å². The molecule has 3 rings (SSSR count). The first-order chi connectivity index (χ1) is 10.5. The lowest BCUT2D eigenvalue weighted by atomic mass is 9.88. The Morgan fingerprint density at radius 3 is 2.45 bits per heavy atom. The molecular weight excluding hydrogens is 278 g/mol. The van der Waals surface area contributed by atoms with E-state index in [4.69, 9.17) is 4.74 Å². The summed E-state index contributed by atoms with van der Waals surface area (Å²) in [6, 6.07) is 8.19. The van der Waals surface area contributed by atoms with Crippen molar-refractivity contribution in [2.75, 3.05) is 14.2 Å². The summed E-state index contributed by atoms with van der Waals surface area (Å²) >= 11 is 0. The second kappa shape index (κ2) is 5.69. The average molecular weight is 299 g/mol. The van der Waals surface area contributed by atoms with Gasteiger partial charge in [-0.3, -0.25) is 9.69 Å². The quantitative estimate of drug-likeness (QED) is 0.636. The van der Waals surface area contributed by atoms with Gasteiger partial charge in [-0.25, -0.2) is 4.79 Å². The van der Waals surface area contributed by atoms with E-state index in [0.29, 0.717) is 11.6 Å². The van der Waals surface area contributed by atoms with Gasteiger partial charge in [-0.05, 0) is 44.4 Å². The zero-order chi connectivity index (χ0) is 15.9. The fraction of sp³-hybridized carbons (Fsp3) is 0.444. The van der Waals surface area contributed by atoms with E-state index in [-0.39, 0.29) is 17.8 Å². The van der Waals surface area contributed by atoms with E-state index >= 15 is 0 Å². The van der Waals surface area contributed by atoms with Crippen LogP contribution >= 0.6 is 0 Å². The van der Waals surface area contributed by atoms with E-state index in [0.717, 1.165) is 36.0 Å². The fourth-order valence-corrected chi connectivity index (χ4v) is 3.70. The van der Waals surface area contributed by atoms with Crippen molar-refractivity contribution in [1.29, 1.82) is 0 Å². The molecule has 1 aromatic rings. The molecule has 2 bridgehead atoms. The Morgan fingerprint density at radius 1 is 1.18 bits per heavy atom. The Morgan fingerprint density at radius 2 is 1.86 bits per heavy atom. The maximum atomic E-state index is 12.3. The number of esters is 1. The smallest absolute Gasteiger partial charge is 0.335 e. The largest absolute Gasteiger partial charge is 0.466 e. The Hall–Kier alpha value is -1.94. The summed E-state index contributed by atoms with van der Waals surface area (Å²) in [5, 5.41) is 0. The first kappa shape index (κ1) is 15.0. The molecule has 1 saturated heterocycles. The monoisotopic (exact) mass is 299 g/mol. The third-order valence-corrected chi connectivity index (χ3v) is 4.98. The molecule has 0 radical (unpaired) electrons. The minimum Gasteiger partial charge on any atom is -0.466 e. The summed E-state index contributed by atoms with van der Waals surface area (Å²) in [4.78, 5) is 26.0. The Balaban J connectivity index is 2.06. The van der Waals surface area contributed by atoms with Gasteiger partial charge in [0, 0.05) is 17.6 Å². The van der Waals surface area contributed by atoms with Gasteiger partial charge in [-0.15, -0.1) is 0 Å². The van der Waals surface area contributed by atoms with Crippen LogP contribution < -0.4 is 0 Å². The van der Waals surface area contributed by atoms with E-state index in [1.807, 2.05) is 24.3 Å². The van der Waals surface area contributed by atoms with Gasteiger partial charge < -0.3 is 4.74 Å². The van der Waals surface area contributed by atoms with Gasteiger partial charge >= 0.3 is 5.97 Å². The number of carbonyl (C=O) groups excluding carboxylic acids is 2. The number of fused-ring (bicyclic) bond motifs is 2. The number of ether oxygens (including phenoxy) is 1. The zero-order valence-corrected chi connectivity index (χ0v) is 13.3. The number of methoxy groups -OCH3 is 1. The number of likely N-dealkylation sites (N-methyl/N-ethyl adjacent to an activating group) is 1. The Bertz CT molecular complexity index is 645. The topological polar surface area (TPSA) is 46.6 Å². The van der Waals surface area contributed by atoms with Crippen molar-refractivity contribution in [2.24, 2.45) is 0 Å². The maximum absolute atomic E-state index is 12.3. The molecule has 4 nitrogen and oxygen atoms in total. The van der Waals surface area contributed by atoms with Gasteiger partial charge in [0.05, 0.1) is 12.7 Å². The molecule has 0 aliphatic carbocycles. The molecule has 0 spiro atoms. The Labute approximate surface area is 130 Å². The van der Waals surface area contributed by atoms with Gasteiger partial charge in [0.2, 0.25) is 0 Å². The van der Waals surface area contributed by atoms with Crippen LogP contribution in [-0.2, 0) is 9.53 Å². The van der Waals surface area contributed by atoms with Crippen LogP contribution in [0.3, 0.4) is 0 Å². The standard InChI is InChI=1S/C18H21NO3/c1-11(20)12-4-6-13(7-5-12)15-10-14-8-9-16(19(14)2)17(15)18(21)22-3/h4-7,14,16H,8-10H2,1-3H3/t14-,16+/m0/s1. The summed E-state index contributed by atoms with van der Waals surface area (Å²) in [6.45, 7) is 1.56. The minimum absolute atomic E-state index is 0.0529. The van der Waals surface area contributed by atoms with Gasteiger partial charge in [-0.1, -0.05) is 24.3 Å². The molecular formula is C18H21NO3. The van der Waals surface area contributed by atoms with Gasteiger partial charge in [0.25, 0.3) is 0 Å². The molecule has 0 saturated carbocycles. The van der Waals surface area contributed by atoms with Crippen LogP contribution in [0.25, 0.3) is 5.57 Å². The second-order valence-electron chi connectivity index (χ2n) is 6.13. The number of nitrogens with zero attached hydrogens (tertiary/aromatic N) is 1. The molecule has 2 aliphatic heterocycles. The van der Waals surface area contributed by atoms with Crippen molar-refractivity contribution >= 4 is 17.3 Å². The number of ketones is 1. The summed E-state index contributed by atoms with van der Waals surface area (Å²) in [5.41, 5.74) is 3.58. The van der Waals surface area contributed by atoms with Crippen LogP contribution in [0.2, 0.25) is 0 Å². The number of Topliss-reactive ketones (excluding diaryl/α,β-unsaturated/α-hetero) is 1. The van der Waals surface area contributed by atoms with E-state index in [1.165, 1.54) is 7.11 Å². The molecule has 0 amide bonds. The number of hydrogen-bond donors (Lipinski definition) is 0. The molecule has 1 fully saturated rings. The van der Waals surface area contributed by atoms with Crippen LogP contribution in [-0.4, -0.2) is 42.9 Å². The van der Waals surface area contributed by atoms with Crippen molar-refractivity contribution in [3.8, 4) is 0 Å². The lowest BCUT2D eigenvalue weighted by Crippen LogP contribution is -2.40. The van der Waals surface area contributed by atoms with Crippen molar-refractivity contribution in [1.82, 2.24) is 4.90 Å². The molecule has 0 unspecified atom stereocenters. The number of carbonyl (C=O) groups is 2. The molecule has 4 heteroatoms. The Kier molecular flexibility index (Phi) is 3.87. The molecule has 2 aliphatic rings. The van der Waals surface area contributed by atoms with Crippen LogP contribution in [0, 0.1) is 0 Å². The molecule has 2 atom stereocenters. The van der Waals surface area contributed by atoms with Crippen LogP contribution in [0.5, 0.6) is 0 Å². The third-order valence-electron chi connectivity index (χ3n) is 4.98. The predicted molar refractivity (Wildman–Crippen MR) is 84.6 cm³/mol. The van der Waals surface area contributed by atoms with E-state index in [9.17, 15) is 9.59 Å². The average Bonchev–Trinajstić information content (AvgIpc) is 2.76. The number of rotatable bonds is 3. The SMILES string of the molecule is COC(=O)C1=C(c2ccc(C(C)=O)cc2)C[C@@H]2CC[C@H]1N2C. The lowest BCUT2D eigenvalue weighted by molar-refractivity contribution is -0.136. The predicted octanol–water partition coefficient (Wildman–Crippen LogP) is 2.68. The minimum atomic E-state index is -0.233. The number of hydrogen-bond acceptors (Lipinski definition) is 4. The normalized spacial score (nSPS) is 24.5. The first-order valence-corrected chi connectivity index (χ1v) is 7.67. The fourth-order valence-electron chi connectivity index (χ4n) is 3.70. The zero-order valence-electron chi connectivity index (χ0n) is 13.3. The van der Waals surface area contributed by atoms with Crippen molar-refractivity contribution in [3.05, 3.63) is 41.0 Å². The highest BCUT2D eigenvalue weighted by Gasteiger charge is 2.42. The van der Waals surface area contributed by atoms with Crippen LogP contribution in [0.1, 0.15) is 42.1 Å².